The lowest BCUT2D eigenvalue weighted by atomic mass is 9.98. The van der Waals surface area contributed by atoms with E-state index in [4.69, 9.17) is 14.2 Å². The van der Waals surface area contributed by atoms with Crippen LogP contribution in [0.2, 0.25) is 0 Å². The lowest BCUT2D eigenvalue weighted by Gasteiger charge is -2.41. The summed E-state index contributed by atoms with van der Waals surface area (Å²) < 4.78 is 15.6. The molecule has 0 bridgehead atoms. The van der Waals surface area contributed by atoms with Gasteiger partial charge in [-0.25, -0.2) is 0 Å². The van der Waals surface area contributed by atoms with Crippen molar-refractivity contribution in [3.8, 4) is 0 Å². The second kappa shape index (κ2) is 12.2. The van der Waals surface area contributed by atoms with Crippen LogP contribution in [0.5, 0.6) is 0 Å². The third-order valence-corrected chi connectivity index (χ3v) is 4.32. The maximum Gasteiger partial charge on any atom is 0.306 e. The molecule has 1 aliphatic heterocycles. The van der Waals surface area contributed by atoms with Crippen LogP contribution in [-0.2, 0) is 23.8 Å². The fourth-order valence-electron chi connectivity index (χ4n) is 2.78. The van der Waals surface area contributed by atoms with Gasteiger partial charge in [0, 0.05) is 12.8 Å². The average Bonchev–Trinajstić information content (AvgIpc) is 2.61. The van der Waals surface area contributed by atoms with Gasteiger partial charge in [0.05, 0.1) is 6.61 Å². The molecule has 0 unspecified atom stereocenters. The maximum absolute atomic E-state index is 12.0. The molecule has 0 amide bonds. The van der Waals surface area contributed by atoms with Crippen molar-refractivity contribution in [2.45, 2.75) is 95.9 Å². The summed E-state index contributed by atoms with van der Waals surface area (Å²) in [6, 6.07) is 0. The second-order valence-corrected chi connectivity index (χ2v) is 6.56. The standard InChI is InChI=1S/C18H32O8/c1-3-5-7-9-13(20)25-16-15(22)12(11-19)24-18(23)17(16)26-14(21)10-8-6-4-2/h12,15-19,22-23H,3-11H2,1-2H3/t12-,15-,16+,17-,18+/m1/s1. The minimum absolute atomic E-state index is 0.160. The summed E-state index contributed by atoms with van der Waals surface area (Å²) >= 11 is 0. The van der Waals surface area contributed by atoms with Crippen LogP contribution in [-0.4, -0.2) is 64.6 Å². The Labute approximate surface area is 154 Å². The van der Waals surface area contributed by atoms with Crippen molar-refractivity contribution in [1.29, 1.82) is 0 Å². The van der Waals surface area contributed by atoms with Crippen LogP contribution in [0.1, 0.15) is 65.2 Å². The van der Waals surface area contributed by atoms with Crippen molar-refractivity contribution < 1.29 is 39.1 Å². The highest BCUT2D eigenvalue weighted by molar-refractivity contribution is 5.70. The second-order valence-electron chi connectivity index (χ2n) is 6.56. The van der Waals surface area contributed by atoms with Gasteiger partial charge >= 0.3 is 11.9 Å². The van der Waals surface area contributed by atoms with Crippen molar-refractivity contribution in [3.05, 3.63) is 0 Å². The molecule has 8 nitrogen and oxygen atoms in total. The highest BCUT2D eigenvalue weighted by Crippen LogP contribution is 2.26. The highest BCUT2D eigenvalue weighted by Gasteiger charge is 2.48. The molecule has 26 heavy (non-hydrogen) atoms. The molecule has 0 aromatic rings. The van der Waals surface area contributed by atoms with Gasteiger partial charge in [0.1, 0.15) is 12.2 Å². The Morgan fingerprint density at radius 3 is 1.85 bits per heavy atom. The SMILES string of the molecule is CCCCCC(=O)O[C@@H]1[C@@H](OC(=O)CCCCC)[C@H](O)[C@@H](CO)O[C@@H]1O. The molecular formula is C18H32O8. The molecule has 8 heteroatoms. The summed E-state index contributed by atoms with van der Waals surface area (Å²) in [5.74, 6) is -1.12. The molecule has 152 valence electrons. The molecule has 0 radical (unpaired) electrons. The van der Waals surface area contributed by atoms with Crippen molar-refractivity contribution in [2.24, 2.45) is 0 Å². The number of unbranched alkanes of at least 4 members (excludes halogenated alkanes) is 4. The summed E-state index contributed by atoms with van der Waals surface area (Å²) in [6.07, 6.45) is -1.55. The molecule has 5 atom stereocenters. The van der Waals surface area contributed by atoms with Gasteiger partial charge in [0.2, 0.25) is 0 Å². The summed E-state index contributed by atoms with van der Waals surface area (Å²) in [6.45, 7) is 3.44. The first-order valence-electron chi connectivity index (χ1n) is 9.45. The number of hydrogen-bond acceptors (Lipinski definition) is 8. The molecule has 3 N–H and O–H groups in total. The van der Waals surface area contributed by atoms with Crippen LogP contribution >= 0.6 is 0 Å². The lowest BCUT2D eigenvalue weighted by Crippen LogP contribution is -2.61. The van der Waals surface area contributed by atoms with Crippen molar-refractivity contribution in [1.82, 2.24) is 0 Å². The molecule has 0 aliphatic carbocycles. The van der Waals surface area contributed by atoms with Gasteiger partial charge in [-0.3, -0.25) is 9.59 Å². The Kier molecular flexibility index (Phi) is 10.7. The van der Waals surface area contributed by atoms with Crippen LogP contribution in [0.25, 0.3) is 0 Å². The minimum Gasteiger partial charge on any atom is -0.455 e. The molecule has 0 aromatic carbocycles. The lowest BCUT2D eigenvalue weighted by molar-refractivity contribution is -0.293. The molecule has 0 aromatic heterocycles. The zero-order valence-corrected chi connectivity index (χ0v) is 15.6. The summed E-state index contributed by atoms with van der Waals surface area (Å²) in [4.78, 5) is 24.0. The summed E-state index contributed by atoms with van der Waals surface area (Å²) in [5, 5.41) is 29.7. The van der Waals surface area contributed by atoms with Gasteiger partial charge < -0.3 is 29.5 Å². The van der Waals surface area contributed by atoms with Crippen molar-refractivity contribution in [2.75, 3.05) is 6.61 Å². The van der Waals surface area contributed by atoms with E-state index in [-0.39, 0.29) is 12.8 Å². The number of carbonyl (C=O) groups excluding carboxylic acids is 2. The van der Waals surface area contributed by atoms with Gasteiger partial charge in [-0.15, -0.1) is 0 Å². The molecule has 1 heterocycles. The van der Waals surface area contributed by atoms with Crippen molar-refractivity contribution >= 4 is 11.9 Å². The largest absolute Gasteiger partial charge is 0.455 e. The molecule has 0 saturated carbocycles. The Bertz CT molecular complexity index is 427. The number of rotatable bonds is 11. The zero-order chi connectivity index (χ0) is 19.5. The highest BCUT2D eigenvalue weighted by atomic mass is 16.7. The predicted octanol–water partition coefficient (Wildman–Crippen LogP) is 1.04. The molecular weight excluding hydrogens is 344 g/mol. The van der Waals surface area contributed by atoms with Gasteiger partial charge in [-0.05, 0) is 12.8 Å². The Balaban J connectivity index is 2.74. The number of esters is 2. The third-order valence-electron chi connectivity index (χ3n) is 4.32. The minimum atomic E-state index is -1.60. The van der Waals surface area contributed by atoms with Gasteiger partial charge in [-0.1, -0.05) is 39.5 Å². The van der Waals surface area contributed by atoms with Crippen LogP contribution < -0.4 is 0 Å². The average molecular weight is 376 g/mol. The fourth-order valence-corrected chi connectivity index (χ4v) is 2.78. The van der Waals surface area contributed by atoms with E-state index >= 15 is 0 Å². The first-order valence-corrected chi connectivity index (χ1v) is 9.45. The van der Waals surface area contributed by atoms with E-state index in [1.54, 1.807) is 0 Å². The van der Waals surface area contributed by atoms with Gasteiger partial charge in [-0.2, -0.15) is 0 Å². The van der Waals surface area contributed by atoms with E-state index < -0.39 is 49.3 Å². The molecule has 0 spiro atoms. The monoisotopic (exact) mass is 376 g/mol. The van der Waals surface area contributed by atoms with E-state index in [1.165, 1.54) is 0 Å². The molecule has 1 rings (SSSR count). The Morgan fingerprint density at radius 2 is 1.38 bits per heavy atom. The van der Waals surface area contributed by atoms with Crippen LogP contribution in [0.15, 0.2) is 0 Å². The Morgan fingerprint density at radius 1 is 0.885 bits per heavy atom. The number of hydrogen-bond donors (Lipinski definition) is 3. The molecule has 1 saturated heterocycles. The zero-order valence-electron chi connectivity index (χ0n) is 15.6. The first kappa shape index (κ1) is 22.8. The number of aliphatic hydroxyl groups is 3. The smallest absolute Gasteiger partial charge is 0.306 e. The predicted molar refractivity (Wildman–Crippen MR) is 92.0 cm³/mol. The van der Waals surface area contributed by atoms with Crippen LogP contribution in [0, 0.1) is 0 Å². The van der Waals surface area contributed by atoms with Crippen LogP contribution in [0.3, 0.4) is 0 Å². The van der Waals surface area contributed by atoms with E-state index in [0.717, 1.165) is 25.7 Å². The first-order chi connectivity index (χ1) is 12.4. The fraction of sp³-hybridized carbons (Fsp3) is 0.889. The van der Waals surface area contributed by atoms with Crippen LogP contribution in [0.4, 0.5) is 0 Å². The summed E-state index contributed by atoms with van der Waals surface area (Å²) in [5.41, 5.74) is 0. The van der Waals surface area contributed by atoms with E-state index in [9.17, 15) is 24.9 Å². The normalized spacial score (nSPS) is 28.6. The Hall–Kier alpha value is -1.22. The van der Waals surface area contributed by atoms with Crippen molar-refractivity contribution in [3.63, 3.8) is 0 Å². The van der Waals surface area contributed by atoms with Gasteiger partial charge in [0.25, 0.3) is 0 Å². The van der Waals surface area contributed by atoms with Gasteiger partial charge in [0.15, 0.2) is 18.5 Å². The maximum atomic E-state index is 12.0. The number of carbonyl (C=O) groups is 2. The number of aliphatic hydroxyl groups excluding tert-OH is 3. The van der Waals surface area contributed by atoms with E-state index in [2.05, 4.69) is 0 Å². The quantitative estimate of drug-likeness (QED) is 0.361. The summed E-state index contributed by atoms with van der Waals surface area (Å²) in [7, 11) is 0. The van der Waals surface area contributed by atoms with E-state index in [0.29, 0.717) is 12.8 Å². The third kappa shape index (κ3) is 7.19. The topological polar surface area (TPSA) is 123 Å². The molecule has 1 fully saturated rings. The van der Waals surface area contributed by atoms with E-state index in [1.807, 2.05) is 13.8 Å². The number of ether oxygens (including phenoxy) is 3. The molecule has 1 aliphatic rings.